The lowest BCUT2D eigenvalue weighted by Crippen LogP contribution is -2.11. The van der Waals surface area contributed by atoms with Crippen LogP contribution < -0.4 is 11.5 Å². The van der Waals surface area contributed by atoms with E-state index >= 15 is 0 Å². The van der Waals surface area contributed by atoms with E-state index < -0.39 is 0 Å². The highest BCUT2D eigenvalue weighted by atomic mass is 127. The van der Waals surface area contributed by atoms with Gasteiger partial charge in [-0.2, -0.15) is 0 Å². The predicted molar refractivity (Wildman–Crippen MR) is 104 cm³/mol. The Bertz CT molecular complexity index is 923. The summed E-state index contributed by atoms with van der Waals surface area (Å²) in [4.78, 5) is 14.3. The van der Waals surface area contributed by atoms with Crippen molar-refractivity contribution in [2.45, 2.75) is 35.9 Å². The first-order valence-corrected chi connectivity index (χ1v) is 9.73. The van der Waals surface area contributed by atoms with Crippen LogP contribution in [0.15, 0.2) is 28.5 Å². The Morgan fingerprint density at radius 1 is 1.21 bits per heavy atom. The quantitative estimate of drug-likeness (QED) is 0.591. The third-order valence-corrected chi connectivity index (χ3v) is 6.54. The van der Waals surface area contributed by atoms with Gasteiger partial charge in [0, 0.05) is 21.6 Å². The van der Waals surface area contributed by atoms with Crippen LogP contribution in [0.5, 0.6) is 0 Å². The minimum Gasteiger partial charge on any atom is -0.382 e. The second-order valence-electron chi connectivity index (χ2n) is 5.77. The lowest BCUT2D eigenvalue weighted by molar-refractivity contribution is 0.657. The number of aryl methyl sites for hydroxylation is 2. The summed E-state index contributed by atoms with van der Waals surface area (Å²) in [5, 5.41) is 0.860. The Kier molecular flexibility index (Phi) is 4.35. The Hall–Kier alpha value is -1.39. The van der Waals surface area contributed by atoms with Crippen molar-refractivity contribution in [3.63, 3.8) is 0 Å². The standard InChI is InChI=1S/C16H17IN6S/c17-11-6-9-2-1-3-10(9)7-12(11)24-16-22-13-14(19)20-8-21-15(13)23(16)5-4-18/h6-8H,1-5,18H2,(H2,19,20,21). The van der Waals surface area contributed by atoms with Crippen molar-refractivity contribution in [2.75, 3.05) is 12.3 Å². The summed E-state index contributed by atoms with van der Waals surface area (Å²) in [6, 6.07) is 4.60. The first-order chi connectivity index (χ1) is 11.7. The van der Waals surface area contributed by atoms with Crippen molar-refractivity contribution < 1.29 is 0 Å². The molecule has 4 N–H and O–H groups in total. The Labute approximate surface area is 157 Å². The van der Waals surface area contributed by atoms with Crippen molar-refractivity contribution >= 4 is 51.3 Å². The van der Waals surface area contributed by atoms with Gasteiger partial charge in [0.1, 0.15) is 6.33 Å². The number of nitrogens with zero attached hydrogens (tertiary/aromatic N) is 4. The fourth-order valence-electron chi connectivity index (χ4n) is 3.09. The van der Waals surface area contributed by atoms with E-state index in [2.05, 4.69) is 49.7 Å². The maximum atomic E-state index is 5.96. The minimum absolute atomic E-state index is 0.404. The number of hydrogen-bond acceptors (Lipinski definition) is 6. The summed E-state index contributed by atoms with van der Waals surface area (Å²) in [6.07, 6.45) is 5.07. The Balaban J connectivity index is 1.80. The van der Waals surface area contributed by atoms with Gasteiger partial charge in [-0.05, 0) is 65.1 Å². The van der Waals surface area contributed by atoms with Crippen molar-refractivity contribution in [2.24, 2.45) is 5.73 Å². The average molecular weight is 452 g/mol. The van der Waals surface area contributed by atoms with Gasteiger partial charge in [-0.25, -0.2) is 15.0 Å². The zero-order valence-corrected chi connectivity index (χ0v) is 16.0. The van der Waals surface area contributed by atoms with Crippen LogP contribution in [0.4, 0.5) is 5.82 Å². The molecule has 3 aromatic rings. The molecule has 8 heteroatoms. The van der Waals surface area contributed by atoms with Crippen LogP contribution in [0.25, 0.3) is 11.2 Å². The molecule has 0 amide bonds. The number of benzene rings is 1. The fourth-order valence-corrected chi connectivity index (χ4v) is 4.93. The van der Waals surface area contributed by atoms with E-state index in [0.29, 0.717) is 24.4 Å². The van der Waals surface area contributed by atoms with E-state index in [-0.39, 0.29) is 0 Å². The van der Waals surface area contributed by atoms with Crippen LogP contribution in [0.2, 0.25) is 0 Å². The normalized spacial score (nSPS) is 13.6. The third-order valence-electron chi connectivity index (χ3n) is 4.23. The number of anilines is 1. The van der Waals surface area contributed by atoms with Gasteiger partial charge < -0.3 is 16.0 Å². The van der Waals surface area contributed by atoms with Gasteiger partial charge in [-0.15, -0.1) is 0 Å². The lowest BCUT2D eigenvalue weighted by Gasteiger charge is -2.09. The molecule has 24 heavy (non-hydrogen) atoms. The van der Waals surface area contributed by atoms with Gasteiger partial charge in [-0.1, -0.05) is 11.8 Å². The molecule has 0 unspecified atom stereocenters. The number of fused-ring (bicyclic) bond motifs is 2. The predicted octanol–water partition coefficient (Wildman–Crippen LogP) is 2.61. The molecule has 124 valence electrons. The topological polar surface area (TPSA) is 95.6 Å². The second-order valence-corrected chi connectivity index (χ2v) is 7.94. The van der Waals surface area contributed by atoms with E-state index in [1.165, 1.54) is 38.8 Å². The first-order valence-electron chi connectivity index (χ1n) is 7.83. The highest BCUT2D eigenvalue weighted by molar-refractivity contribution is 14.1. The number of halogens is 1. The molecule has 0 spiro atoms. The number of hydrogen-bond donors (Lipinski definition) is 2. The van der Waals surface area contributed by atoms with Crippen LogP contribution in [0.3, 0.4) is 0 Å². The van der Waals surface area contributed by atoms with Gasteiger partial charge in [0.05, 0.1) is 0 Å². The second kappa shape index (κ2) is 6.49. The molecular weight excluding hydrogens is 435 g/mol. The highest BCUT2D eigenvalue weighted by Gasteiger charge is 2.19. The molecule has 1 aliphatic carbocycles. The van der Waals surface area contributed by atoms with Crippen LogP contribution in [-0.2, 0) is 19.4 Å². The van der Waals surface area contributed by atoms with Crippen molar-refractivity contribution in [1.82, 2.24) is 19.5 Å². The molecule has 1 aromatic carbocycles. The van der Waals surface area contributed by atoms with Gasteiger partial charge >= 0.3 is 0 Å². The minimum atomic E-state index is 0.404. The summed E-state index contributed by atoms with van der Waals surface area (Å²) < 4.78 is 3.28. The molecule has 0 aliphatic heterocycles. The fraction of sp³-hybridized carbons (Fsp3) is 0.312. The molecule has 0 saturated heterocycles. The summed E-state index contributed by atoms with van der Waals surface area (Å²) in [5.74, 6) is 0.404. The van der Waals surface area contributed by atoms with Gasteiger partial charge in [-0.3, -0.25) is 0 Å². The lowest BCUT2D eigenvalue weighted by atomic mass is 10.1. The SMILES string of the molecule is NCCn1c(Sc2cc3c(cc2I)CCC3)nc2c(N)ncnc21. The van der Waals surface area contributed by atoms with E-state index in [4.69, 9.17) is 11.5 Å². The van der Waals surface area contributed by atoms with Crippen LogP contribution in [-0.4, -0.2) is 26.1 Å². The van der Waals surface area contributed by atoms with Gasteiger partial charge in [0.15, 0.2) is 22.1 Å². The van der Waals surface area contributed by atoms with E-state index in [1.807, 2.05) is 4.57 Å². The molecule has 4 rings (SSSR count). The molecule has 0 saturated carbocycles. The number of aromatic nitrogens is 4. The third kappa shape index (κ3) is 2.76. The smallest absolute Gasteiger partial charge is 0.175 e. The van der Waals surface area contributed by atoms with E-state index in [1.54, 1.807) is 11.8 Å². The van der Waals surface area contributed by atoms with Gasteiger partial charge in [0.25, 0.3) is 0 Å². The zero-order chi connectivity index (χ0) is 16.7. The summed E-state index contributed by atoms with van der Waals surface area (Å²) >= 11 is 4.05. The first kappa shape index (κ1) is 16.1. The molecular formula is C16H17IN6S. The van der Waals surface area contributed by atoms with Crippen molar-refractivity contribution in [3.05, 3.63) is 33.2 Å². The van der Waals surface area contributed by atoms with Crippen LogP contribution in [0.1, 0.15) is 17.5 Å². The highest BCUT2D eigenvalue weighted by Crippen LogP contribution is 2.36. The molecule has 2 heterocycles. The number of nitrogens with two attached hydrogens (primary N) is 2. The monoisotopic (exact) mass is 452 g/mol. The maximum Gasteiger partial charge on any atom is 0.175 e. The largest absolute Gasteiger partial charge is 0.382 e. The Morgan fingerprint density at radius 2 is 2.00 bits per heavy atom. The maximum absolute atomic E-state index is 5.96. The van der Waals surface area contributed by atoms with Crippen LogP contribution >= 0.6 is 34.4 Å². The number of nitrogen functional groups attached to an aromatic ring is 1. The number of rotatable bonds is 4. The van der Waals surface area contributed by atoms with E-state index in [0.717, 1.165) is 17.2 Å². The average Bonchev–Trinajstić information content (AvgIpc) is 3.14. The molecule has 6 nitrogen and oxygen atoms in total. The summed E-state index contributed by atoms with van der Waals surface area (Å²) in [5.41, 5.74) is 16.1. The van der Waals surface area contributed by atoms with Crippen molar-refractivity contribution in [3.8, 4) is 0 Å². The Morgan fingerprint density at radius 3 is 2.79 bits per heavy atom. The van der Waals surface area contributed by atoms with E-state index in [9.17, 15) is 0 Å². The summed E-state index contributed by atoms with van der Waals surface area (Å²) in [7, 11) is 0. The molecule has 1 aliphatic rings. The molecule has 0 atom stereocenters. The molecule has 0 radical (unpaired) electrons. The van der Waals surface area contributed by atoms with Crippen LogP contribution in [0, 0.1) is 3.57 Å². The molecule has 2 aromatic heterocycles. The summed E-state index contributed by atoms with van der Waals surface area (Å²) in [6.45, 7) is 1.17. The molecule has 0 bridgehead atoms. The van der Waals surface area contributed by atoms with Gasteiger partial charge in [0.2, 0.25) is 0 Å². The number of imidazole rings is 1. The zero-order valence-electron chi connectivity index (χ0n) is 13.0. The van der Waals surface area contributed by atoms with Crippen molar-refractivity contribution in [1.29, 1.82) is 0 Å². The molecule has 0 fully saturated rings.